The number of ether oxygens (including phenoxy) is 1. The zero-order valence-corrected chi connectivity index (χ0v) is 19.2. The number of hydrogen-bond acceptors (Lipinski definition) is 4. The average Bonchev–Trinajstić information content (AvgIpc) is 2.85. The molecule has 0 bridgehead atoms. The molecule has 0 aromatic heterocycles. The van der Waals surface area contributed by atoms with E-state index in [4.69, 9.17) is 16.3 Å². The number of anilines is 1. The minimum absolute atomic E-state index is 0.451. The van der Waals surface area contributed by atoms with Gasteiger partial charge in [0.05, 0.1) is 6.21 Å². The number of rotatable bonds is 6. The fourth-order valence-electron chi connectivity index (χ4n) is 3.39. The molecule has 6 nitrogen and oxygen atoms in total. The number of halogens is 1. The van der Waals surface area contributed by atoms with Crippen LogP contribution in [0.1, 0.15) is 16.7 Å². The Morgan fingerprint density at radius 3 is 2.50 bits per heavy atom. The van der Waals surface area contributed by atoms with Crippen molar-refractivity contribution in [1.29, 1.82) is 0 Å². The first-order valence-electron chi connectivity index (χ1n) is 10.6. The first-order valence-corrected chi connectivity index (χ1v) is 11.0. The summed E-state index contributed by atoms with van der Waals surface area (Å²) in [7, 11) is 0. The van der Waals surface area contributed by atoms with E-state index in [1.165, 1.54) is 17.0 Å². The molecular weight excluding hydrogens is 450 g/mol. The maximum Gasteiger partial charge on any atom is 0.329 e. The first kappa shape index (κ1) is 23.0. The van der Waals surface area contributed by atoms with E-state index >= 15 is 0 Å². The molecule has 4 rings (SSSR count). The highest BCUT2D eigenvalue weighted by atomic mass is 35.5. The molecule has 4 aromatic rings. The van der Waals surface area contributed by atoms with Crippen molar-refractivity contribution in [1.82, 2.24) is 5.43 Å². The highest BCUT2D eigenvalue weighted by Gasteiger charge is 2.14. The topological polar surface area (TPSA) is 79.8 Å². The highest BCUT2D eigenvalue weighted by molar-refractivity contribution is 6.39. The maximum atomic E-state index is 12.1. The van der Waals surface area contributed by atoms with Crippen molar-refractivity contribution in [2.75, 3.05) is 5.32 Å². The van der Waals surface area contributed by atoms with Gasteiger partial charge in [-0.3, -0.25) is 9.59 Å². The Balaban J connectivity index is 1.29. The number of fused-ring (bicyclic) bond motifs is 1. The molecule has 0 spiro atoms. The number of carbonyl (C=O) groups is 2. The SMILES string of the molecule is Cc1cc(Cl)ccc1NC(=O)C(=O)N/N=C/c1ccc(OCc2cccc3ccccc23)cc1. The second-order valence-corrected chi connectivity index (χ2v) is 8.04. The smallest absolute Gasteiger partial charge is 0.329 e. The van der Waals surface area contributed by atoms with Gasteiger partial charge in [-0.2, -0.15) is 5.10 Å². The zero-order valence-electron chi connectivity index (χ0n) is 18.4. The molecule has 0 saturated heterocycles. The van der Waals surface area contributed by atoms with E-state index in [2.05, 4.69) is 40.1 Å². The number of nitrogens with zero attached hydrogens (tertiary/aromatic N) is 1. The summed E-state index contributed by atoms with van der Waals surface area (Å²) in [5.41, 5.74) is 5.33. The van der Waals surface area contributed by atoms with Crippen LogP contribution < -0.4 is 15.5 Å². The van der Waals surface area contributed by atoms with E-state index < -0.39 is 11.8 Å². The molecule has 0 aliphatic carbocycles. The molecule has 2 N–H and O–H groups in total. The molecule has 170 valence electrons. The lowest BCUT2D eigenvalue weighted by Gasteiger charge is -2.09. The van der Waals surface area contributed by atoms with Gasteiger partial charge in [0.1, 0.15) is 12.4 Å². The lowest BCUT2D eigenvalue weighted by Crippen LogP contribution is -2.32. The van der Waals surface area contributed by atoms with Gasteiger partial charge >= 0.3 is 11.8 Å². The maximum absolute atomic E-state index is 12.1. The van der Waals surface area contributed by atoms with Crippen molar-refractivity contribution in [2.45, 2.75) is 13.5 Å². The second-order valence-electron chi connectivity index (χ2n) is 7.61. The van der Waals surface area contributed by atoms with Crippen molar-refractivity contribution < 1.29 is 14.3 Å². The summed E-state index contributed by atoms with van der Waals surface area (Å²) in [5, 5.41) is 9.27. The minimum Gasteiger partial charge on any atom is -0.489 e. The molecule has 0 saturated carbocycles. The number of amides is 2. The largest absolute Gasteiger partial charge is 0.489 e. The van der Waals surface area contributed by atoms with Gasteiger partial charge < -0.3 is 10.1 Å². The summed E-state index contributed by atoms with van der Waals surface area (Å²) in [6, 6.07) is 26.6. The van der Waals surface area contributed by atoms with E-state index in [0.717, 1.165) is 16.7 Å². The fourth-order valence-corrected chi connectivity index (χ4v) is 3.62. The Hall–Kier alpha value is -4.16. The lowest BCUT2D eigenvalue weighted by atomic mass is 10.1. The van der Waals surface area contributed by atoms with E-state index in [1.807, 2.05) is 42.5 Å². The highest BCUT2D eigenvalue weighted by Crippen LogP contribution is 2.21. The summed E-state index contributed by atoms with van der Waals surface area (Å²) in [6.07, 6.45) is 1.45. The van der Waals surface area contributed by atoms with E-state index in [9.17, 15) is 9.59 Å². The van der Waals surface area contributed by atoms with Gasteiger partial charge in [-0.05, 0) is 76.9 Å². The molecule has 0 fully saturated rings. The number of aryl methyl sites for hydroxylation is 1. The Bertz CT molecular complexity index is 1360. The predicted molar refractivity (Wildman–Crippen MR) is 135 cm³/mol. The zero-order chi connectivity index (χ0) is 23.9. The van der Waals surface area contributed by atoms with Crippen LogP contribution in [0.5, 0.6) is 5.75 Å². The number of hydrogen-bond donors (Lipinski definition) is 2. The summed E-state index contributed by atoms with van der Waals surface area (Å²) in [5.74, 6) is -0.979. The molecule has 0 aliphatic rings. The van der Waals surface area contributed by atoms with Crippen molar-refractivity contribution >= 4 is 46.1 Å². The first-order chi connectivity index (χ1) is 16.5. The summed E-state index contributed by atoms with van der Waals surface area (Å²) in [6.45, 7) is 2.24. The Morgan fingerprint density at radius 2 is 1.71 bits per heavy atom. The number of carbonyl (C=O) groups excluding carboxylic acids is 2. The molecule has 0 unspecified atom stereocenters. The van der Waals surface area contributed by atoms with Crippen molar-refractivity contribution in [3.63, 3.8) is 0 Å². The van der Waals surface area contributed by atoms with E-state index in [-0.39, 0.29) is 0 Å². The molecular formula is C27H22ClN3O3. The monoisotopic (exact) mass is 471 g/mol. The summed E-state index contributed by atoms with van der Waals surface area (Å²) >= 11 is 5.90. The van der Waals surface area contributed by atoms with Gasteiger partial charge in [0, 0.05) is 10.7 Å². The van der Waals surface area contributed by atoms with Crippen LogP contribution in [0.25, 0.3) is 10.8 Å². The van der Waals surface area contributed by atoms with Gasteiger partial charge in [-0.1, -0.05) is 54.1 Å². The molecule has 0 atom stereocenters. The van der Waals surface area contributed by atoms with Gasteiger partial charge in [-0.15, -0.1) is 0 Å². The quantitative estimate of drug-likeness (QED) is 0.222. The Kier molecular flexibility index (Phi) is 7.20. The second kappa shape index (κ2) is 10.6. The minimum atomic E-state index is -0.874. The van der Waals surface area contributed by atoms with Crippen LogP contribution in [0.2, 0.25) is 5.02 Å². The molecule has 0 aliphatic heterocycles. The van der Waals surface area contributed by atoms with Gasteiger partial charge in [0.2, 0.25) is 0 Å². The summed E-state index contributed by atoms with van der Waals surface area (Å²) in [4.78, 5) is 24.1. The summed E-state index contributed by atoms with van der Waals surface area (Å²) < 4.78 is 5.93. The van der Waals surface area contributed by atoms with Crippen LogP contribution in [0, 0.1) is 6.92 Å². The van der Waals surface area contributed by atoms with Crippen molar-refractivity contribution in [3.05, 3.63) is 107 Å². The average molecular weight is 472 g/mol. The molecule has 34 heavy (non-hydrogen) atoms. The molecule has 0 heterocycles. The van der Waals surface area contributed by atoms with E-state index in [1.54, 1.807) is 25.1 Å². The van der Waals surface area contributed by atoms with E-state index in [0.29, 0.717) is 23.1 Å². The van der Waals surface area contributed by atoms with Crippen molar-refractivity contribution in [3.8, 4) is 5.75 Å². The lowest BCUT2D eigenvalue weighted by molar-refractivity contribution is -0.136. The third-order valence-corrected chi connectivity index (χ3v) is 5.41. The van der Waals surface area contributed by atoms with Crippen LogP contribution in [-0.2, 0) is 16.2 Å². The number of benzene rings is 4. The van der Waals surface area contributed by atoms with Crippen LogP contribution >= 0.6 is 11.6 Å². The van der Waals surface area contributed by atoms with Gasteiger partial charge in [0.25, 0.3) is 0 Å². The Labute approximate surface area is 202 Å². The standard InChI is InChI=1S/C27H22ClN3O3/c1-18-15-22(28)11-14-25(18)30-26(32)27(33)31-29-16-19-9-12-23(13-10-19)34-17-21-7-4-6-20-5-2-3-8-24(20)21/h2-16H,17H2,1H3,(H,30,32)(H,31,33)/b29-16+. The van der Waals surface area contributed by atoms with Crippen molar-refractivity contribution in [2.24, 2.45) is 5.10 Å². The van der Waals surface area contributed by atoms with Crippen LogP contribution in [0.4, 0.5) is 5.69 Å². The fraction of sp³-hybridized carbons (Fsp3) is 0.0741. The van der Waals surface area contributed by atoms with Gasteiger partial charge in [0.15, 0.2) is 0 Å². The molecule has 0 radical (unpaired) electrons. The van der Waals surface area contributed by atoms with Crippen LogP contribution in [0.3, 0.4) is 0 Å². The van der Waals surface area contributed by atoms with Crippen LogP contribution in [-0.4, -0.2) is 18.0 Å². The third kappa shape index (κ3) is 5.79. The normalized spacial score (nSPS) is 10.9. The van der Waals surface area contributed by atoms with Crippen LogP contribution in [0.15, 0.2) is 90.0 Å². The Morgan fingerprint density at radius 1 is 0.941 bits per heavy atom. The molecule has 4 aromatic carbocycles. The number of nitrogens with one attached hydrogen (secondary N) is 2. The molecule has 2 amide bonds. The van der Waals surface area contributed by atoms with Gasteiger partial charge in [-0.25, -0.2) is 5.43 Å². The number of hydrazone groups is 1. The predicted octanol–water partition coefficient (Wildman–Crippen LogP) is 5.47. The third-order valence-electron chi connectivity index (χ3n) is 5.18. The molecule has 7 heteroatoms.